The fourth-order valence-corrected chi connectivity index (χ4v) is 2.99. The van der Waals surface area contributed by atoms with E-state index in [1.807, 2.05) is 4.68 Å². The van der Waals surface area contributed by atoms with Crippen LogP contribution in [0.4, 0.5) is 0 Å². The summed E-state index contributed by atoms with van der Waals surface area (Å²) in [6, 6.07) is 0.390. The Kier molecular flexibility index (Phi) is 3.05. The van der Waals surface area contributed by atoms with Crippen molar-refractivity contribution in [3.63, 3.8) is 0 Å². The number of aromatic amines is 1. The molecule has 15 heavy (non-hydrogen) atoms. The largest absolute Gasteiger partial charge is 0.298 e. The molecule has 2 rings (SSSR count). The summed E-state index contributed by atoms with van der Waals surface area (Å²) in [5.74, 6) is 0.356. The lowest BCUT2D eigenvalue weighted by Gasteiger charge is -2.09. The Hall–Kier alpha value is -0.510. The van der Waals surface area contributed by atoms with Crippen LogP contribution >= 0.6 is 15.9 Å². The number of nitrogens with zero attached hydrogens (tertiary/aromatic N) is 1. The molecule has 3 nitrogen and oxygen atoms in total. The SMILES string of the molecule is CC(C)c1[nH]n(C2CCCC2)c(=O)c1Br. The van der Waals surface area contributed by atoms with Crippen molar-refractivity contribution in [3.05, 3.63) is 20.5 Å². The van der Waals surface area contributed by atoms with Gasteiger partial charge in [-0.3, -0.25) is 9.89 Å². The predicted octanol–water partition coefficient (Wildman–Crippen LogP) is 3.18. The van der Waals surface area contributed by atoms with Gasteiger partial charge in [-0.25, -0.2) is 4.68 Å². The number of hydrogen-bond donors (Lipinski definition) is 1. The third-order valence-corrected chi connectivity index (χ3v) is 3.92. The van der Waals surface area contributed by atoms with Gasteiger partial charge in [0, 0.05) is 0 Å². The number of H-pyrrole nitrogens is 1. The highest BCUT2D eigenvalue weighted by molar-refractivity contribution is 9.10. The number of halogens is 1. The minimum Gasteiger partial charge on any atom is -0.298 e. The van der Waals surface area contributed by atoms with Gasteiger partial charge in [-0.1, -0.05) is 26.7 Å². The van der Waals surface area contributed by atoms with E-state index < -0.39 is 0 Å². The van der Waals surface area contributed by atoms with Crippen LogP contribution in [0.1, 0.15) is 57.2 Å². The summed E-state index contributed by atoms with van der Waals surface area (Å²) >= 11 is 3.38. The van der Waals surface area contributed by atoms with E-state index in [0.29, 0.717) is 16.4 Å². The first-order valence-electron chi connectivity index (χ1n) is 5.61. The molecule has 0 unspecified atom stereocenters. The minimum atomic E-state index is 0.102. The summed E-state index contributed by atoms with van der Waals surface area (Å²) in [6.45, 7) is 4.18. The van der Waals surface area contributed by atoms with Crippen LogP contribution in [0.3, 0.4) is 0 Å². The molecule has 0 spiro atoms. The molecule has 0 saturated heterocycles. The highest BCUT2D eigenvalue weighted by Gasteiger charge is 2.22. The van der Waals surface area contributed by atoms with Gasteiger partial charge in [0.15, 0.2) is 0 Å². The molecular formula is C11H17BrN2O. The molecule has 1 N–H and O–H groups in total. The molecule has 0 bridgehead atoms. The first-order valence-corrected chi connectivity index (χ1v) is 6.40. The standard InChI is InChI=1S/C11H17BrN2O/c1-7(2)10-9(12)11(15)14(13-10)8-5-3-4-6-8/h7-8,13H,3-6H2,1-2H3. The maximum absolute atomic E-state index is 12.0. The fraction of sp³-hybridized carbons (Fsp3) is 0.727. The molecule has 0 amide bonds. The zero-order valence-corrected chi connectivity index (χ0v) is 10.8. The first kappa shape index (κ1) is 11.0. The van der Waals surface area contributed by atoms with Gasteiger partial charge in [0.05, 0.1) is 11.7 Å². The van der Waals surface area contributed by atoms with E-state index in [4.69, 9.17) is 0 Å². The number of hydrogen-bond acceptors (Lipinski definition) is 1. The maximum Gasteiger partial charge on any atom is 0.281 e. The molecule has 1 heterocycles. The van der Waals surface area contributed by atoms with E-state index in [1.54, 1.807) is 0 Å². The second-order valence-electron chi connectivity index (χ2n) is 4.61. The molecule has 1 aromatic heterocycles. The average molecular weight is 273 g/mol. The molecule has 4 heteroatoms. The lowest BCUT2D eigenvalue weighted by molar-refractivity contribution is 0.449. The van der Waals surface area contributed by atoms with Gasteiger partial charge >= 0.3 is 0 Å². The van der Waals surface area contributed by atoms with Crippen molar-refractivity contribution in [1.29, 1.82) is 0 Å². The molecule has 1 aliphatic carbocycles. The number of nitrogens with one attached hydrogen (secondary N) is 1. The van der Waals surface area contributed by atoms with E-state index in [0.717, 1.165) is 18.5 Å². The zero-order chi connectivity index (χ0) is 11.0. The van der Waals surface area contributed by atoms with Gasteiger partial charge in [0.2, 0.25) is 0 Å². The van der Waals surface area contributed by atoms with Crippen LogP contribution in [0.2, 0.25) is 0 Å². The molecule has 0 aliphatic heterocycles. The number of rotatable bonds is 2. The van der Waals surface area contributed by atoms with Gasteiger partial charge < -0.3 is 0 Å². The second kappa shape index (κ2) is 4.16. The molecule has 84 valence electrons. The van der Waals surface area contributed by atoms with Crippen molar-refractivity contribution in [2.75, 3.05) is 0 Å². The Morgan fingerprint density at radius 3 is 2.47 bits per heavy atom. The topological polar surface area (TPSA) is 37.8 Å². The van der Waals surface area contributed by atoms with Gasteiger partial charge in [-0.15, -0.1) is 0 Å². The molecular weight excluding hydrogens is 256 g/mol. The third kappa shape index (κ3) is 1.92. The summed E-state index contributed by atoms with van der Waals surface area (Å²) in [7, 11) is 0. The van der Waals surface area contributed by atoms with E-state index >= 15 is 0 Å². The number of aromatic nitrogens is 2. The van der Waals surface area contributed by atoms with Crippen molar-refractivity contribution >= 4 is 15.9 Å². The highest BCUT2D eigenvalue weighted by Crippen LogP contribution is 2.29. The molecule has 1 saturated carbocycles. The quantitative estimate of drug-likeness (QED) is 0.883. The summed E-state index contributed by atoms with van der Waals surface area (Å²) in [6.07, 6.45) is 4.74. The minimum absolute atomic E-state index is 0.102. The van der Waals surface area contributed by atoms with Crippen LogP contribution in [-0.2, 0) is 0 Å². The van der Waals surface area contributed by atoms with Crippen molar-refractivity contribution in [2.45, 2.75) is 51.5 Å². The van der Waals surface area contributed by atoms with Gasteiger partial charge in [-0.2, -0.15) is 0 Å². The summed E-state index contributed by atoms with van der Waals surface area (Å²) in [4.78, 5) is 12.0. The molecule has 1 fully saturated rings. The Bertz CT molecular complexity index is 399. The third-order valence-electron chi connectivity index (χ3n) is 3.15. The Morgan fingerprint density at radius 1 is 1.40 bits per heavy atom. The van der Waals surface area contributed by atoms with Gasteiger partial charge in [0.25, 0.3) is 5.56 Å². The summed E-state index contributed by atoms with van der Waals surface area (Å²) in [5.41, 5.74) is 1.12. The molecule has 1 aliphatic rings. The zero-order valence-electron chi connectivity index (χ0n) is 9.22. The average Bonchev–Trinajstić information content (AvgIpc) is 2.77. The van der Waals surface area contributed by atoms with Gasteiger partial charge in [0.1, 0.15) is 4.47 Å². The lowest BCUT2D eigenvalue weighted by Crippen LogP contribution is -2.20. The summed E-state index contributed by atoms with van der Waals surface area (Å²) in [5, 5.41) is 3.25. The molecule has 0 atom stereocenters. The first-order chi connectivity index (χ1) is 7.11. The fourth-order valence-electron chi connectivity index (χ4n) is 2.25. The van der Waals surface area contributed by atoms with Crippen LogP contribution in [0, 0.1) is 0 Å². The molecule has 1 aromatic rings. The van der Waals surface area contributed by atoms with E-state index in [-0.39, 0.29) is 5.56 Å². The van der Waals surface area contributed by atoms with E-state index in [2.05, 4.69) is 34.9 Å². The van der Waals surface area contributed by atoms with Gasteiger partial charge in [-0.05, 0) is 34.7 Å². The lowest BCUT2D eigenvalue weighted by atomic mass is 10.1. The Morgan fingerprint density at radius 2 is 2.00 bits per heavy atom. The second-order valence-corrected chi connectivity index (χ2v) is 5.40. The van der Waals surface area contributed by atoms with Crippen molar-refractivity contribution in [3.8, 4) is 0 Å². The molecule has 0 radical (unpaired) electrons. The predicted molar refractivity (Wildman–Crippen MR) is 64.3 cm³/mol. The van der Waals surface area contributed by atoms with Crippen molar-refractivity contribution in [2.24, 2.45) is 0 Å². The van der Waals surface area contributed by atoms with Crippen LogP contribution in [-0.4, -0.2) is 9.78 Å². The van der Waals surface area contributed by atoms with E-state index in [9.17, 15) is 4.79 Å². The van der Waals surface area contributed by atoms with Crippen molar-refractivity contribution in [1.82, 2.24) is 9.78 Å². The van der Waals surface area contributed by atoms with Crippen LogP contribution < -0.4 is 5.56 Å². The molecule has 0 aromatic carbocycles. The smallest absolute Gasteiger partial charge is 0.281 e. The van der Waals surface area contributed by atoms with Crippen LogP contribution in [0.5, 0.6) is 0 Å². The summed E-state index contributed by atoms with van der Waals surface area (Å²) < 4.78 is 2.52. The maximum atomic E-state index is 12.0. The Labute approximate surface area is 98.0 Å². The monoisotopic (exact) mass is 272 g/mol. The normalized spacial score (nSPS) is 17.9. The van der Waals surface area contributed by atoms with E-state index in [1.165, 1.54) is 12.8 Å². The highest BCUT2D eigenvalue weighted by atomic mass is 79.9. The Balaban J connectivity index is 2.40. The van der Waals surface area contributed by atoms with Crippen LogP contribution in [0.15, 0.2) is 9.27 Å². The van der Waals surface area contributed by atoms with Crippen molar-refractivity contribution < 1.29 is 0 Å². The van der Waals surface area contributed by atoms with Crippen LogP contribution in [0.25, 0.3) is 0 Å².